The molecule has 2 unspecified atom stereocenters. The van der Waals surface area contributed by atoms with Crippen LogP contribution in [0, 0.1) is 5.92 Å². The molecular weight excluding hydrogens is 399 g/mol. The zero-order valence-corrected chi connectivity index (χ0v) is 23.3. The molecule has 0 aromatic carbocycles. The van der Waals surface area contributed by atoms with E-state index in [4.69, 9.17) is 5.11 Å². The van der Waals surface area contributed by atoms with Crippen LogP contribution in [0.25, 0.3) is 0 Å². The van der Waals surface area contributed by atoms with Crippen LogP contribution in [0.1, 0.15) is 163 Å². The van der Waals surface area contributed by atoms with Gasteiger partial charge in [0, 0.05) is 6.42 Å². The van der Waals surface area contributed by atoms with E-state index >= 15 is 0 Å². The van der Waals surface area contributed by atoms with Crippen molar-refractivity contribution in [1.82, 2.24) is 0 Å². The third-order valence-corrected chi connectivity index (χ3v) is 7.66. The van der Waals surface area contributed by atoms with Gasteiger partial charge in [0.2, 0.25) is 0 Å². The van der Waals surface area contributed by atoms with Crippen molar-refractivity contribution in [2.75, 3.05) is 0 Å². The van der Waals surface area contributed by atoms with E-state index in [9.17, 15) is 4.79 Å². The molecule has 0 spiro atoms. The average molecular weight is 459 g/mol. The fraction of sp³-hybridized carbons (Fsp3) is 0.964. The van der Waals surface area contributed by atoms with Gasteiger partial charge in [-0.1, -0.05) is 125 Å². The molecule has 0 saturated carbocycles. The summed E-state index contributed by atoms with van der Waals surface area (Å²) < 4.78 is 0. The normalized spacial score (nSPS) is 12.3. The van der Waals surface area contributed by atoms with E-state index in [1.165, 1.54) is 109 Å². The Morgan fingerprint density at radius 3 is 1.52 bits per heavy atom. The highest BCUT2D eigenvalue weighted by molar-refractivity contribution is 7.19. The molecule has 2 atom stereocenters. The quantitative estimate of drug-likeness (QED) is 0.137. The van der Waals surface area contributed by atoms with Crippen LogP contribution in [0.3, 0.4) is 0 Å². The monoisotopic (exact) mass is 458 g/mol. The summed E-state index contributed by atoms with van der Waals surface area (Å²) in [4.78, 5) is 10.0. The third kappa shape index (κ3) is 21.5. The highest BCUT2D eigenvalue weighted by Gasteiger charge is 2.32. The number of aliphatic carboxylic acids is 1. The number of hydrogen-bond acceptors (Lipinski definition) is 1. The van der Waals surface area contributed by atoms with Crippen LogP contribution >= 0.6 is 9.24 Å². The van der Waals surface area contributed by atoms with Crippen LogP contribution < -0.4 is 0 Å². The lowest BCUT2D eigenvalue weighted by atomic mass is 9.77. The molecule has 0 fully saturated rings. The molecule has 1 N–H and O–H groups in total. The van der Waals surface area contributed by atoms with E-state index in [2.05, 4.69) is 43.9 Å². The summed E-state index contributed by atoms with van der Waals surface area (Å²) in [7, 11) is 3.35. The lowest BCUT2D eigenvalue weighted by molar-refractivity contribution is -0.137. The molecule has 0 aromatic rings. The van der Waals surface area contributed by atoms with Gasteiger partial charge in [-0.25, -0.2) is 0 Å². The number of carbonyl (C=O) groups is 1. The summed E-state index contributed by atoms with van der Waals surface area (Å²) in [6, 6.07) is 0. The van der Waals surface area contributed by atoms with Gasteiger partial charge < -0.3 is 5.11 Å². The van der Waals surface area contributed by atoms with Gasteiger partial charge in [0.05, 0.1) is 0 Å². The lowest BCUT2D eigenvalue weighted by Crippen LogP contribution is -2.32. The summed E-state index contributed by atoms with van der Waals surface area (Å²) in [5.74, 6) is 0.272. The fourth-order valence-corrected chi connectivity index (χ4v) is 5.15. The zero-order valence-electron chi connectivity index (χ0n) is 22.2. The van der Waals surface area contributed by atoms with E-state index in [1.54, 1.807) is 0 Å². The Kier molecular flexibility index (Phi) is 26.2. The second-order valence-electron chi connectivity index (χ2n) is 9.69. The number of hydrogen-bond donors (Lipinski definition) is 1. The number of rotatable bonds is 21. The summed E-state index contributed by atoms with van der Waals surface area (Å²) in [5, 5.41) is 8.81. The van der Waals surface area contributed by atoms with Gasteiger partial charge in [0.1, 0.15) is 0 Å². The third-order valence-electron chi connectivity index (χ3n) is 6.61. The summed E-state index contributed by atoms with van der Waals surface area (Å²) >= 11 is 0. The fourth-order valence-electron chi connectivity index (χ4n) is 4.41. The van der Waals surface area contributed by atoms with Crippen LogP contribution in [0.5, 0.6) is 0 Å². The Morgan fingerprint density at radius 2 is 1.06 bits per heavy atom. The first-order valence-corrected chi connectivity index (χ1v) is 14.5. The van der Waals surface area contributed by atoms with E-state index in [-0.39, 0.29) is 0 Å². The number of carboxylic acid groups (broad SMARTS) is 1. The SMILES string of the molecule is CCCCCCC(CCCC)C(P)(CCCC)CCCC.CCCCCCCC(=O)O. The predicted molar refractivity (Wildman–Crippen MR) is 144 cm³/mol. The van der Waals surface area contributed by atoms with E-state index < -0.39 is 5.97 Å². The van der Waals surface area contributed by atoms with Gasteiger partial charge in [0.15, 0.2) is 0 Å². The van der Waals surface area contributed by atoms with Gasteiger partial charge in [-0.2, -0.15) is 0 Å². The van der Waals surface area contributed by atoms with Gasteiger partial charge in [0.25, 0.3) is 0 Å². The van der Waals surface area contributed by atoms with Crippen LogP contribution in [0.4, 0.5) is 0 Å². The van der Waals surface area contributed by atoms with Crippen molar-refractivity contribution < 1.29 is 9.90 Å². The Morgan fingerprint density at radius 1 is 0.645 bits per heavy atom. The van der Waals surface area contributed by atoms with Crippen molar-refractivity contribution in [3.63, 3.8) is 0 Å². The van der Waals surface area contributed by atoms with Crippen molar-refractivity contribution in [3.05, 3.63) is 0 Å². The van der Waals surface area contributed by atoms with E-state index in [0.29, 0.717) is 11.6 Å². The Bertz CT molecular complexity index is 362. The first-order valence-electron chi connectivity index (χ1n) is 13.9. The Hall–Kier alpha value is -0.100. The van der Waals surface area contributed by atoms with Crippen molar-refractivity contribution in [2.45, 2.75) is 168 Å². The maximum absolute atomic E-state index is 10.0. The minimum atomic E-state index is -0.670. The van der Waals surface area contributed by atoms with Gasteiger partial charge in [-0.3, -0.25) is 4.79 Å². The number of unbranched alkanes of at least 4 members (excludes halogenated alkanes) is 10. The van der Waals surface area contributed by atoms with E-state index in [1.807, 2.05) is 0 Å². The number of carboxylic acids is 1. The molecule has 2 nitrogen and oxygen atoms in total. The van der Waals surface area contributed by atoms with Gasteiger partial charge in [-0.05, 0) is 43.2 Å². The molecule has 0 amide bonds. The van der Waals surface area contributed by atoms with Crippen LogP contribution in [-0.4, -0.2) is 16.2 Å². The van der Waals surface area contributed by atoms with Gasteiger partial charge in [-0.15, -0.1) is 9.24 Å². The molecule has 0 rings (SSSR count). The Labute approximate surface area is 199 Å². The highest BCUT2D eigenvalue weighted by Crippen LogP contribution is 2.43. The molecule has 188 valence electrons. The van der Waals surface area contributed by atoms with Gasteiger partial charge >= 0.3 is 5.97 Å². The van der Waals surface area contributed by atoms with Crippen molar-refractivity contribution in [2.24, 2.45) is 5.92 Å². The highest BCUT2D eigenvalue weighted by atomic mass is 31.0. The van der Waals surface area contributed by atoms with Crippen molar-refractivity contribution in [3.8, 4) is 0 Å². The molecule has 0 radical (unpaired) electrons. The summed E-state index contributed by atoms with van der Waals surface area (Å²) in [6.07, 6.45) is 25.6. The first kappa shape index (κ1) is 33.1. The standard InChI is InChI=1S/C20H43P.C8H16O2/c1-5-9-13-14-16-19(15-10-6-2)20(21,17-11-7-3)18-12-8-4;1-2-3-4-5-6-7-8(9)10/h19H,5-18,21H2,1-4H3;2-7H2,1H3,(H,9,10). The average Bonchev–Trinajstić information content (AvgIpc) is 2.76. The minimum absolute atomic E-state index is 0.337. The molecule has 3 heteroatoms. The summed E-state index contributed by atoms with van der Waals surface area (Å²) in [5.41, 5.74) is 0. The largest absolute Gasteiger partial charge is 0.481 e. The van der Waals surface area contributed by atoms with Crippen molar-refractivity contribution >= 4 is 15.2 Å². The molecule has 0 aromatic heterocycles. The van der Waals surface area contributed by atoms with Crippen molar-refractivity contribution in [1.29, 1.82) is 0 Å². The zero-order chi connectivity index (χ0) is 23.8. The first-order chi connectivity index (χ1) is 14.9. The lowest BCUT2D eigenvalue weighted by Gasteiger charge is -2.39. The second kappa shape index (κ2) is 24.5. The van der Waals surface area contributed by atoms with E-state index in [0.717, 1.165) is 18.8 Å². The molecule has 31 heavy (non-hydrogen) atoms. The molecule has 0 aliphatic carbocycles. The molecule has 0 aliphatic heterocycles. The smallest absolute Gasteiger partial charge is 0.303 e. The molecule has 0 heterocycles. The van der Waals surface area contributed by atoms with Crippen LogP contribution in [-0.2, 0) is 4.79 Å². The molecule has 0 aliphatic rings. The topological polar surface area (TPSA) is 37.3 Å². The molecular formula is C28H59O2P. The maximum atomic E-state index is 10.0. The predicted octanol–water partition coefficient (Wildman–Crippen LogP) is 10.2. The Balaban J connectivity index is 0. The maximum Gasteiger partial charge on any atom is 0.303 e. The summed E-state index contributed by atoms with van der Waals surface area (Å²) in [6.45, 7) is 11.5. The molecule has 0 saturated heterocycles. The van der Waals surface area contributed by atoms with Crippen LogP contribution in [0.2, 0.25) is 0 Å². The van der Waals surface area contributed by atoms with Crippen LogP contribution in [0.15, 0.2) is 0 Å². The second-order valence-corrected chi connectivity index (χ2v) is 10.8. The molecule has 0 bridgehead atoms. The minimum Gasteiger partial charge on any atom is -0.481 e.